The Labute approximate surface area is 206 Å². The van der Waals surface area contributed by atoms with Gasteiger partial charge in [0, 0.05) is 0 Å². The molecule has 0 spiro atoms. The monoisotopic (exact) mass is 476 g/mol. The van der Waals surface area contributed by atoms with Crippen molar-refractivity contribution in [2.24, 2.45) is 5.92 Å². The average molecular weight is 475 g/mol. The molecule has 0 amide bonds. The maximum atomic E-state index is 10.8. The van der Waals surface area contributed by atoms with Gasteiger partial charge in [-0.25, -0.2) is 0 Å². The predicted molar refractivity (Wildman–Crippen MR) is 115 cm³/mol. The summed E-state index contributed by atoms with van der Waals surface area (Å²) in [6.45, 7) is 8.65. The molecule has 0 radical (unpaired) electrons. The van der Waals surface area contributed by atoms with E-state index in [1.165, 1.54) is 31.3 Å². The third-order valence-corrected chi connectivity index (χ3v) is 7.74. The van der Waals surface area contributed by atoms with Crippen LogP contribution in [0.25, 0.3) is 20.1 Å². The Morgan fingerprint density at radius 2 is 1.67 bits per heavy atom. The van der Waals surface area contributed by atoms with Gasteiger partial charge in [0.15, 0.2) is 0 Å². The van der Waals surface area contributed by atoms with E-state index >= 15 is 0 Å². The average Bonchev–Trinajstić information content (AvgIpc) is 3.14. The molecular formula is C24H25N2NaO2Se. The minimum Gasteiger partial charge on any atom is 1.00 e. The second kappa shape index (κ2) is 9.52. The van der Waals surface area contributed by atoms with Gasteiger partial charge in [-0.3, -0.25) is 0 Å². The van der Waals surface area contributed by atoms with E-state index in [9.17, 15) is 9.90 Å². The molecule has 1 fully saturated rings. The number of hydrogen-bond donors (Lipinski definition) is 0. The first-order valence-electron chi connectivity index (χ1n) is 9.89. The molecule has 6 heteroatoms. The fraction of sp³-hybridized carbons (Fsp3) is 0.333. The van der Waals surface area contributed by atoms with Crippen molar-refractivity contribution in [3.8, 4) is 20.1 Å². The van der Waals surface area contributed by atoms with E-state index in [0.29, 0.717) is 13.1 Å². The topological polar surface area (TPSA) is 56.3 Å². The van der Waals surface area contributed by atoms with E-state index in [4.69, 9.17) is 0 Å². The predicted octanol–water partition coefficient (Wildman–Crippen LogP) is -0.0442. The zero-order valence-electron chi connectivity index (χ0n) is 18.0. The molecule has 4 nitrogen and oxygen atoms in total. The second-order valence-corrected chi connectivity index (χ2v) is 10.9. The number of likely N-dealkylation sites (tertiary alicyclic amines) is 1. The van der Waals surface area contributed by atoms with Crippen molar-refractivity contribution >= 4 is 20.5 Å². The summed E-state index contributed by atoms with van der Waals surface area (Å²) in [5.41, 5.74) is 5.13. The molecule has 0 atom stereocenters. The molecule has 1 aliphatic rings. The molecule has 150 valence electrons. The van der Waals surface area contributed by atoms with E-state index < -0.39 is 5.97 Å². The fourth-order valence-electron chi connectivity index (χ4n) is 3.53. The molecule has 2 heterocycles. The van der Waals surface area contributed by atoms with Gasteiger partial charge in [-0.1, -0.05) is 0 Å². The van der Waals surface area contributed by atoms with Gasteiger partial charge in [-0.15, -0.1) is 0 Å². The van der Waals surface area contributed by atoms with Gasteiger partial charge in [0.1, 0.15) is 0 Å². The van der Waals surface area contributed by atoms with E-state index in [1.54, 1.807) is 0 Å². The van der Waals surface area contributed by atoms with Crippen LogP contribution in [0.2, 0.25) is 0 Å². The fourth-order valence-corrected chi connectivity index (χ4v) is 5.48. The Morgan fingerprint density at radius 1 is 1.07 bits per heavy atom. The zero-order valence-corrected chi connectivity index (χ0v) is 21.7. The number of aromatic nitrogens is 1. The van der Waals surface area contributed by atoms with Crippen molar-refractivity contribution in [1.82, 2.24) is 9.88 Å². The number of aliphatic carboxylic acids is 1. The molecule has 4 rings (SSSR count). The molecule has 0 bridgehead atoms. The number of carbonyl (C=O) groups is 1. The Kier molecular flexibility index (Phi) is 7.44. The minimum absolute atomic E-state index is 0. The molecule has 0 N–H and O–H groups in total. The molecule has 30 heavy (non-hydrogen) atoms. The smallest absolute Gasteiger partial charge is 1.00 e. The summed E-state index contributed by atoms with van der Waals surface area (Å²) in [5, 5.41) is 10.8. The third-order valence-electron chi connectivity index (χ3n) is 5.44. The van der Waals surface area contributed by atoms with Crippen LogP contribution in [0.1, 0.15) is 31.9 Å². The molecule has 1 aromatic heterocycles. The first-order chi connectivity index (χ1) is 13.8. The molecule has 0 unspecified atom stereocenters. The minimum atomic E-state index is -0.934. The van der Waals surface area contributed by atoms with Crippen LogP contribution in [0.5, 0.6) is 0 Å². The van der Waals surface area contributed by atoms with Crippen molar-refractivity contribution < 1.29 is 39.5 Å². The van der Waals surface area contributed by atoms with Crippen LogP contribution in [0.4, 0.5) is 0 Å². The van der Waals surface area contributed by atoms with E-state index in [0.717, 1.165) is 6.54 Å². The van der Waals surface area contributed by atoms with Crippen LogP contribution in [0.3, 0.4) is 0 Å². The summed E-state index contributed by atoms with van der Waals surface area (Å²) < 4.78 is 2.46. The van der Waals surface area contributed by atoms with Crippen molar-refractivity contribution in [3.05, 3.63) is 65.9 Å². The van der Waals surface area contributed by atoms with Gasteiger partial charge in [0.2, 0.25) is 0 Å². The largest absolute Gasteiger partial charge is 1.00 e. The number of benzene rings is 2. The van der Waals surface area contributed by atoms with Crippen molar-refractivity contribution in [2.75, 3.05) is 13.1 Å². The third kappa shape index (κ3) is 5.34. The van der Waals surface area contributed by atoms with Crippen molar-refractivity contribution in [1.29, 1.82) is 0 Å². The van der Waals surface area contributed by atoms with E-state index in [-0.39, 0.29) is 55.4 Å². The van der Waals surface area contributed by atoms with Crippen LogP contribution in [0, 0.1) is 5.92 Å². The number of carbonyl (C=O) groups excluding carboxylic acids is 1. The summed E-state index contributed by atoms with van der Waals surface area (Å²) >= 11 is 0.198. The quantitative estimate of drug-likeness (QED) is 0.486. The molecule has 1 saturated heterocycles. The van der Waals surface area contributed by atoms with Crippen LogP contribution >= 0.6 is 0 Å². The Balaban J connectivity index is 0.00000256. The number of carboxylic acids is 1. The molecule has 3 aromatic rings. The van der Waals surface area contributed by atoms with Crippen LogP contribution in [-0.2, 0) is 16.8 Å². The van der Waals surface area contributed by atoms with E-state index in [2.05, 4.69) is 79.2 Å². The van der Waals surface area contributed by atoms with Gasteiger partial charge in [0.25, 0.3) is 0 Å². The number of hydrogen-bond acceptors (Lipinski definition) is 4. The van der Waals surface area contributed by atoms with Gasteiger partial charge < -0.3 is 0 Å². The summed E-state index contributed by atoms with van der Waals surface area (Å²) in [7, 11) is 0. The Bertz CT molecular complexity index is 1000. The summed E-state index contributed by atoms with van der Waals surface area (Å²) in [4.78, 5) is 17.6. The van der Waals surface area contributed by atoms with Gasteiger partial charge in [-0.2, -0.15) is 0 Å². The molecule has 0 saturated carbocycles. The Morgan fingerprint density at radius 3 is 2.23 bits per heavy atom. The first-order valence-corrected chi connectivity index (χ1v) is 11.6. The van der Waals surface area contributed by atoms with Crippen LogP contribution < -0.4 is 34.7 Å². The van der Waals surface area contributed by atoms with Crippen molar-refractivity contribution in [2.45, 2.75) is 32.7 Å². The molecule has 2 aromatic carbocycles. The summed E-state index contributed by atoms with van der Waals surface area (Å²) in [6.07, 6.45) is 2.00. The van der Waals surface area contributed by atoms with Crippen LogP contribution in [0.15, 0.2) is 54.7 Å². The summed E-state index contributed by atoms with van der Waals surface area (Å²) in [5.74, 6) is -1.25. The maximum Gasteiger partial charge on any atom is 1.00 e. The number of nitrogens with zero attached hydrogens (tertiary/aromatic N) is 2. The standard InChI is InChI=1S/C24H26N2O2Se.Na/c1-24(2,3)20-10-8-18(9-11-20)22-25-12-21(29-22)17-6-4-16(5-7-17)13-26-14-19(15-26)23(27)28;/h4-12,19H,13-15H2,1-3H3,(H,27,28);/q;+1/p-1. The van der Waals surface area contributed by atoms with Crippen LogP contribution in [-0.4, -0.2) is 43.4 Å². The maximum absolute atomic E-state index is 10.8. The van der Waals surface area contributed by atoms with E-state index in [1.807, 2.05) is 6.20 Å². The van der Waals surface area contributed by atoms with Gasteiger partial charge in [0.05, 0.1) is 0 Å². The van der Waals surface area contributed by atoms with Gasteiger partial charge >= 0.3 is 208 Å². The molecule has 1 aliphatic heterocycles. The SMILES string of the molecule is CC(C)(C)c1ccc(-c2ncc(-c3ccc(CN4CC(C(=O)[O-])C4)cc3)[se]2)cc1.[Na+]. The first kappa shape index (κ1) is 23.5. The molecule has 0 aliphatic carbocycles. The Hall–Kier alpha value is -1.20. The zero-order chi connectivity index (χ0) is 20.6. The molecular weight excluding hydrogens is 450 g/mol. The second-order valence-electron chi connectivity index (χ2n) is 8.76. The number of carboxylic acid groups (broad SMARTS) is 1. The normalized spacial score (nSPS) is 14.8. The van der Waals surface area contributed by atoms with Gasteiger partial charge in [-0.05, 0) is 0 Å². The number of rotatable bonds is 5. The van der Waals surface area contributed by atoms with Crippen molar-refractivity contribution in [3.63, 3.8) is 0 Å². The summed E-state index contributed by atoms with van der Waals surface area (Å²) in [6, 6.07) is 17.4.